The molecule has 144 valence electrons. The van der Waals surface area contributed by atoms with E-state index in [2.05, 4.69) is 28.4 Å². The van der Waals surface area contributed by atoms with E-state index in [9.17, 15) is 9.59 Å². The maximum absolute atomic E-state index is 12.5. The van der Waals surface area contributed by atoms with Gasteiger partial charge in [0.1, 0.15) is 5.60 Å². The van der Waals surface area contributed by atoms with Gasteiger partial charge in [-0.15, -0.1) is 0 Å². The first kappa shape index (κ1) is 20.3. The molecule has 1 aliphatic heterocycles. The van der Waals surface area contributed by atoms with Gasteiger partial charge in [-0.2, -0.15) is 0 Å². The zero-order chi connectivity index (χ0) is 19.4. The lowest BCUT2D eigenvalue weighted by Gasteiger charge is -2.34. The standard InChI is InChI=1S/C21H32N2O3/c1-20(2,3)26-19(25)21(4,5)13-16-8-6-10-18(12-16)23-11-7-9-17(14-23)22-15-24/h6,8,10,12,15,17H,7,9,11,13-14H2,1-5H3,(H,22,24). The average Bonchev–Trinajstić information content (AvgIpc) is 2.54. The number of benzene rings is 1. The van der Waals surface area contributed by atoms with E-state index in [1.165, 1.54) is 0 Å². The van der Waals surface area contributed by atoms with Crippen molar-refractivity contribution in [2.45, 2.75) is 65.5 Å². The van der Waals surface area contributed by atoms with Crippen LogP contribution in [-0.2, 0) is 20.7 Å². The Morgan fingerprint density at radius 2 is 2.04 bits per heavy atom. The Morgan fingerprint density at radius 1 is 1.31 bits per heavy atom. The molecule has 5 nitrogen and oxygen atoms in total. The highest BCUT2D eigenvalue weighted by atomic mass is 16.6. The second-order valence-electron chi connectivity index (χ2n) is 8.80. The van der Waals surface area contributed by atoms with Crippen LogP contribution in [0.4, 0.5) is 5.69 Å². The molecule has 0 spiro atoms. The molecule has 1 aliphatic rings. The van der Waals surface area contributed by atoms with Crippen molar-refractivity contribution in [3.8, 4) is 0 Å². The van der Waals surface area contributed by atoms with E-state index in [1.807, 2.05) is 40.7 Å². The first-order valence-corrected chi connectivity index (χ1v) is 9.38. The van der Waals surface area contributed by atoms with Gasteiger partial charge in [0.2, 0.25) is 6.41 Å². The molecular weight excluding hydrogens is 328 g/mol. The molecule has 0 aromatic heterocycles. The molecule has 0 saturated carbocycles. The fraction of sp³-hybridized carbons (Fsp3) is 0.619. The van der Waals surface area contributed by atoms with E-state index in [-0.39, 0.29) is 12.0 Å². The second kappa shape index (κ2) is 8.11. The van der Waals surface area contributed by atoms with Crippen LogP contribution in [-0.4, -0.2) is 37.1 Å². The highest BCUT2D eigenvalue weighted by Crippen LogP contribution is 2.28. The van der Waals surface area contributed by atoms with Crippen LogP contribution in [0.25, 0.3) is 0 Å². The Balaban J connectivity index is 2.08. The normalized spacial score (nSPS) is 18.3. The van der Waals surface area contributed by atoms with Gasteiger partial charge in [0, 0.05) is 24.8 Å². The van der Waals surface area contributed by atoms with Gasteiger partial charge in [-0.3, -0.25) is 9.59 Å². The van der Waals surface area contributed by atoms with Gasteiger partial charge in [0.05, 0.1) is 5.41 Å². The number of esters is 1. The van der Waals surface area contributed by atoms with Gasteiger partial charge in [-0.05, 0) is 71.6 Å². The molecule has 1 aromatic rings. The zero-order valence-electron chi connectivity index (χ0n) is 16.7. The molecule has 1 saturated heterocycles. The fourth-order valence-corrected chi connectivity index (χ4v) is 3.31. The molecule has 1 unspecified atom stereocenters. The highest BCUT2D eigenvalue weighted by molar-refractivity contribution is 5.76. The van der Waals surface area contributed by atoms with Gasteiger partial charge in [-0.25, -0.2) is 0 Å². The summed E-state index contributed by atoms with van der Waals surface area (Å²) in [6, 6.07) is 8.53. The van der Waals surface area contributed by atoms with E-state index in [4.69, 9.17) is 4.74 Å². The highest BCUT2D eigenvalue weighted by Gasteiger charge is 2.33. The molecule has 1 N–H and O–H groups in total. The maximum Gasteiger partial charge on any atom is 0.312 e. The molecule has 0 aliphatic carbocycles. The molecule has 1 atom stereocenters. The van der Waals surface area contributed by atoms with Gasteiger partial charge < -0.3 is 15.0 Å². The Kier molecular flexibility index (Phi) is 6.32. The number of anilines is 1. The number of rotatable bonds is 6. The van der Waals surface area contributed by atoms with Crippen molar-refractivity contribution in [2.75, 3.05) is 18.0 Å². The Labute approximate surface area is 157 Å². The number of nitrogens with zero attached hydrogens (tertiary/aromatic N) is 1. The number of carbonyl (C=O) groups is 2. The van der Waals surface area contributed by atoms with Crippen LogP contribution in [0.5, 0.6) is 0 Å². The third-order valence-electron chi connectivity index (χ3n) is 4.60. The largest absolute Gasteiger partial charge is 0.460 e. The Bertz CT molecular complexity index is 634. The lowest BCUT2D eigenvalue weighted by molar-refractivity contribution is -0.165. The van der Waals surface area contributed by atoms with Crippen molar-refractivity contribution in [3.05, 3.63) is 29.8 Å². The number of amides is 1. The topological polar surface area (TPSA) is 58.6 Å². The Morgan fingerprint density at radius 3 is 2.69 bits per heavy atom. The van der Waals surface area contributed by atoms with E-state index in [0.29, 0.717) is 6.42 Å². The predicted octanol–water partition coefficient (Wildman–Crippen LogP) is 3.31. The monoisotopic (exact) mass is 360 g/mol. The van der Waals surface area contributed by atoms with Gasteiger partial charge in [-0.1, -0.05) is 12.1 Å². The minimum absolute atomic E-state index is 0.177. The zero-order valence-corrected chi connectivity index (χ0v) is 16.7. The molecular formula is C21H32N2O3. The summed E-state index contributed by atoms with van der Waals surface area (Å²) in [7, 11) is 0. The summed E-state index contributed by atoms with van der Waals surface area (Å²) in [4.78, 5) is 25.5. The van der Waals surface area contributed by atoms with Crippen LogP contribution in [0, 0.1) is 5.41 Å². The first-order chi connectivity index (χ1) is 12.1. The first-order valence-electron chi connectivity index (χ1n) is 9.38. The van der Waals surface area contributed by atoms with Crippen LogP contribution in [0.2, 0.25) is 0 Å². The van der Waals surface area contributed by atoms with Crippen molar-refractivity contribution in [1.29, 1.82) is 0 Å². The van der Waals surface area contributed by atoms with E-state index < -0.39 is 11.0 Å². The van der Waals surface area contributed by atoms with E-state index >= 15 is 0 Å². The molecule has 0 radical (unpaired) electrons. The summed E-state index contributed by atoms with van der Waals surface area (Å²) in [5, 5.41) is 2.89. The number of hydrogen-bond donors (Lipinski definition) is 1. The average molecular weight is 360 g/mol. The van der Waals surface area contributed by atoms with Crippen LogP contribution in [0.15, 0.2) is 24.3 Å². The van der Waals surface area contributed by atoms with Crippen LogP contribution >= 0.6 is 0 Å². The van der Waals surface area contributed by atoms with Crippen molar-refractivity contribution in [3.63, 3.8) is 0 Å². The molecule has 26 heavy (non-hydrogen) atoms. The van der Waals surface area contributed by atoms with Crippen LogP contribution in [0.3, 0.4) is 0 Å². The van der Waals surface area contributed by atoms with Crippen LogP contribution < -0.4 is 10.2 Å². The number of ether oxygens (including phenoxy) is 1. The number of piperidine rings is 1. The van der Waals surface area contributed by atoms with E-state index in [0.717, 1.165) is 43.6 Å². The summed E-state index contributed by atoms with van der Waals surface area (Å²) >= 11 is 0. The second-order valence-corrected chi connectivity index (χ2v) is 8.80. The molecule has 1 amide bonds. The van der Waals surface area contributed by atoms with Gasteiger partial charge in [0.25, 0.3) is 0 Å². The molecule has 1 aromatic carbocycles. The lowest BCUT2D eigenvalue weighted by atomic mass is 9.85. The minimum atomic E-state index is -0.588. The number of carbonyl (C=O) groups excluding carboxylic acids is 2. The van der Waals surface area contributed by atoms with Gasteiger partial charge in [0.15, 0.2) is 0 Å². The molecule has 5 heteroatoms. The molecule has 2 rings (SSSR count). The lowest BCUT2D eigenvalue weighted by Crippen LogP contribution is -2.45. The third kappa shape index (κ3) is 5.75. The van der Waals surface area contributed by atoms with E-state index in [1.54, 1.807) is 0 Å². The SMILES string of the molecule is CC(C)(C)OC(=O)C(C)(C)Cc1cccc(N2CCCC(NC=O)C2)c1. The summed E-state index contributed by atoms with van der Waals surface area (Å²) < 4.78 is 5.57. The third-order valence-corrected chi connectivity index (χ3v) is 4.60. The molecule has 0 bridgehead atoms. The van der Waals surface area contributed by atoms with Crippen molar-refractivity contribution < 1.29 is 14.3 Å². The number of nitrogens with one attached hydrogen (secondary N) is 1. The Hall–Kier alpha value is -2.04. The summed E-state index contributed by atoms with van der Waals surface area (Å²) in [5.74, 6) is -0.177. The van der Waals surface area contributed by atoms with Gasteiger partial charge >= 0.3 is 5.97 Å². The predicted molar refractivity (Wildman–Crippen MR) is 104 cm³/mol. The maximum atomic E-state index is 12.5. The smallest absolute Gasteiger partial charge is 0.312 e. The fourth-order valence-electron chi connectivity index (χ4n) is 3.31. The van der Waals surface area contributed by atoms with Crippen molar-refractivity contribution in [2.24, 2.45) is 5.41 Å². The quantitative estimate of drug-likeness (QED) is 0.625. The summed E-state index contributed by atoms with van der Waals surface area (Å²) in [6.07, 6.45) is 3.48. The van der Waals surface area contributed by atoms with Crippen LogP contribution in [0.1, 0.15) is 53.0 Å². The minimum Gasteiger partial charge on any atom is -0.460 e. The van der Waals surface area contributed by atoms with Crippen molar-refractivity contribution >= 4 is 18.1 Å². The van der Waals surface area contributed by atoms with Crippen molar-refractivity contribution in [1.82, 2.24) is 5.32 Å². The molecule has 1 heterocycles. The summed E-state index contributed by atoms with van der Waals surface area (Å²) in [6.45, 7) is 11.3. The number of hydrogen-bond acceptors (Lipinski definition) is 4. The molecule has 1 fully saturated rings. The summed E-state index contributed by atoms with van der Waals surface area (Å²) in [5.41, 5.74) is 1.18.